The van der Waals surface area contributed by atoms with Crippen molar-refractivity contribution in [2.45, 2.75) is 12.8 Å². The first-order valence-corrected chi connectivity index (χ1v) is 8.08. The van der Waals surface area contributed by atoms with Crippen molar-refractivity contribution in [3.05, 3.63) is 40.5 Å². The molecule has 0 atom stereocenters. The van der Waals surface area contributed by atoms with Crippen LogP contribution in [-0.4, -0.2) is 36.0 Å². The van der Waals surface area contributed by atoms with E-state index in [4.69, 9.17) is 4.98 Å². The number of carbonyl (C=O) groups is 1. The standard InChI is InChI=1S/C16H17BrN4O/c1-18-16(22)12-5-7-14(21-8-2-3-9-21)20-15(12)13-6-4-11(17)10-19-13/h4-7,10H,2-3,8-9H2,1H3,(H,18,22). The Kier molecular flexibility index (Phi) is 4.38. The number of hydrogen-bond acceptors (Lipinski definition) is 4. The Bertz CT molecular complexity index is 681. The van der Waals surface area contributed by atoms with E-state index in [2.05, 4.69) is 31.1 Å². The van der Waals surface area contributed by atoms with Crippen LogP contribution in [0.1, 0.15) is 23.2 Å². The number of amides is 1. The molecule has 0 spiro atoms. The lowest BCUT2D eigenvalue weighted by Crippen LogP contribution is -2.22. The molecule has 1 aliphatic heterocycles. The normalized spacial score (nSPS) is 14.2. The highest BCUT2D eigenvalue weighted by atomic mass is 79.9. The van der Waals surface area contributed by atoms with Crippen LogP contribution in [0.15, 0.2) is 34.9 Å². The van der Waals surface area contributed by atoms with Crippen LogP contribution >= 0.6 is 15.9 Å². The van der Waals surface area contributed by atoms with Gasteiger partial charge in [0, 0.05) is 30.8 Å². The summed E-state index contributed by atoms with van der Waals surface area (Å²) < 4.78 is 0.897. The SMILES string of the molecule is CNC(=O)c1ccc(N2CCCC2)nc1-c1ccc(Br)cn1. The van der Waals surface area contributed by atoms with E-state index in [-0.39, 0.29) is 5.91 Å². The second-order valence-electron chi connectivity index (χ2n) is 5.20. The molecule has 3 heterocycles. The lowest BCUT2D eigenvalue weighted by Gasteiger charge is -2.18. The van der Waals surface area contributed by atoms with Gasteiger partial charge in [0.15, 0.2) is 0 Å². The minimum absolute atomic E-state index is 0.153. The lowest BCUT2D eigenvalue weighted by atomic mass is 10.1. The van der Waals surface area contributed by atoms with Crippen molar-refractivity contribution in [3.63, 3.8) is 0 Å². The summed E-state index contributed by atoms with van der Waals surface area (Å²) in [5.74, 6) is 0.755. The monoisotopic (exact) mass is 360 g/mol. The van der Waals surface area contributed by atoms with E-state index in [0.717, 1.165) is 23.4 Å². The molecule has 0 saturated carbocycles. The molecule has 1 amide bonds. The molecule has 0 bridgehead atoms. The van der Waals surface area contributed by atoms with Crippen LogP contribution in [0.25, 0.3) is 11.4 Å². The van der Waals surface area contributed by atoms with Gasteiger partial charge in [0.05, 0.1) is 11.3 Å². The van der Waals surface area contributed by atoms with Crippen molar-refractivity contribution in [3.8, 4) is 11.4 Å². The summed E-state index contributed by atoms with van der Waals surface area (Å²) in [7, 11) is 1.62. The number of rotatable bonds is 3. The number of nitrogens with zero attached hydrogens (tertiary/aromatic N) is 3. The van der Waals surface area contributed by atoms with Gasteiger partial charge in [-0.1, -0.05) is 0 Å². The molecule has 3 rings (SSSR count). The fourth-order valence-corrected chi connectivity index (χ4v) is 2.83. The summed E-state index contributed by atoms with van der Waals surface area (Å²) in [4.78, 5) is 23.4. The summed E-state index contributed by atoms with van der Waals surface area (Å²) in [6.07, 6.45) is 4.09. The topological polar surface area (TPSA) is 58.1 Å². The number of nitrogens with one attached hydrogen (secondary N) is 1. The van der Waals surface area contributed by atoms with E-state index in [9.17, 15) is 4.79 Å². The van der Waals surface area contributed by atoms with Crippen molar-refractivity contribution in [2.24, 2.45) is 0 Å². The molecule has 1 aliphatic rings. The molecule has 6 heteroatoms. The van der Waals surface area contributed by atoms with E-state index in [0.29, 0.717) is 17.0 Å². The molecule has 0 aromatic carbocycles. The molecule has 2 aromatic heterocycles. The van der Waals surface area contributed by atoms with Gasteiger partial charge in [-0.25, -0.2) is 4.98 Å². The molecule has 5 nitrogen and oxygen atoms in total. The third-order valence-electron chi connectivity index (χ3n) is 3.75. The summed E-state index contributed by atoms with van der Waals surface area (Å²) in [5.41, 5.74) is 1.86. The van der Waals surface area contributed by atoms with Crippen LogP contribution in [0.4, 0.5) is 5.82 Å². The van der Waals surface area contributed by atoms with E-state index in [1.165, 1.54) is 12.8 Å². The van der Waals surface area contributed by atoms with Gasteiger partial charge in [-0.05, 0) is 53.0 Å². The van der Waals surface area contributed by atoms with Crippen LogP contribution in [0.2, 0.25) is 0 Å². The first-order chi connectivity index (χ1) is 10.7. The zero-order valence-electron chi connectivity index (χ0n) is 12.3. The zero-order chi connectivity index (χ0) is 15.5. The molecule has 0 radical (unpaired) electrons. The highest BCUT2D eigenvalue weighted by molar-refractivity contribution is 9.10. The van der Waals surface area contributed by atoms with Gasteiger partial charge < -0.3 is 10.2 Å². The van der Waals surface area contributed by atoms with Gasteiger partial charge in [-0.2, -0.15) is 0 Å². The van der Waals surface area contributed by atoms with Gasteiger partial charge in [0.2, 0.25) is 0 Å². The maximum absolute atomic E-state index is 12.1. The van der Waals surface area contributed by atoms with Crippen molar-refractivity contribution in [1.29, 1.82) is 0 Å². The van der Waals surface area contributed by atoms with Crippen LogP contribution in [0.3, 0.4) is 0 Å². The predicted molar refractivity (Wildman–Crippen MR) is 90.0 cm³/mol. The van der Waals surface area contributed by atoms with Crippen molar-refractivity contribution < 1.29 is 4.79 Å². The molecule has 114 valence electrons. The Morgan fingerprint density at radius 1 is 1.23 bits per heavy atom. The average Bonchev–Trinajstić information content (AvgIpc) is 3.09. The molecular weight excluding hydrogens is 344 g/mol. The lowest BCUT2D eigenvalue weighted by molar-refractivity contribution is 0.0963. The minimum atomic E-state index is -0.153. The maximum Gasteiger partial charge on any atom is 0.253 e. The molecule has 2 aromatic rings. The zero-order valence-corrected chi connectivity index (χ0v) is 13.9. The van der Waals surface area contributed by atoms with E-state index in [1.807, 2.05) is 24.3 Å². The highest BCUT2D eigenvalue weighted by Crippen LogP contribution is 2.26. The van der Waals surface area contributed by atoms with E-state index >= 15 is 0 Å². The Balaban J connectivity index is 2.07. The second kappa shape index (κ2) is 6.44. The third kappa shape index (κ3) is 2.97. The Morgan fingerprint density at radius 3 is 2.64 bits per heavy atom. The number of carbonyl (C=O) groups excluding carboxylic acids is 1. The summed E-state index contributed by atoms with van der Waals surface area (Å²) in [5, 5.41) is 2.66. The Morgan fingerprint density at radius 2 is 2.00 bits per heavy atom. The predicted octanol–water partition coefficient (Wildman–Crippen LogP) is 2.87. The quantitative estimate of drug-likeness (QED) is 0.914. The van der Waals surface area contributed by atoms with Crippen LogP contribution < -0.4 is 10.2 Å². The highest BCUT2D eigenvalue weighted by Gasteiger charge is 2.19. The Labute approximate surface area is 137 Å². The smallest absolute Gasteiger partial charge is 0.253 e. The first-order valence-electron chi connectivity index (χ1n) is 7.29. The van der Waals surface area contributed by atoms with E-state index in [1.54, 1.807) is 13.2 Å². The molecule has 0 aliphatic carbocycles. The average molecular weight is 361 g/mol. The molecular formula is C16H17BrN4O. The number of hydrogen-bond donors (Lipinski definition) is 1. The molecule has 1 saturated heterocycles. The molecule has 1 N–H and O–H groups in total. The molecule has 22 heavy (non-hydrogen) atoms. The number of aromatic nitrogens is 2. The second-order valence-corrected chi connectivity index (χ2v) is 6.12. The summed E-state index contributed by atoms with van der Waals surface area (Å²) in [6, 6.07) is 7.52. The fraction of sp³-hybridized carbons (Fsp3) is 0.312. The van der Waals surface area contributed by atoms with E-state index < -0.39 is 0 Å². The van der Waals surface area contributed by atoms with Crippen LogP contribution in [0.5, 0.6) is 0 Å². The van der Waals surface area contributed by atoms with Gasteiger partial charge in [0.25, 0.3) is 5.91 Å². The third-order valence-corrected chi connectivity index (χ3v) is 4.22. The van der Waals surface area contributed by atoms with Crippen LogP contribution in [0, 0.1) is 0 Å². The minimum Gasteiger partial charge on any atom is -0.357 e. The molecule has 1 fully saturated rings. The first kappa shape index (κ1) is 15.0. The number of halogens is 1. The maximum atomic E-state index is 12.1. The van der Waals surface area contributed by atoms with Gasteiger partial charge in [-0.15, -0.1) is 0 Å². The summed E-state index contributed by atoms with van der Waals surface area (Å²) >= 11 is 3.38. The van der Waals surface area contributed by atoms with Crippen molar-refractivity contribution in [1.82, 2.24) is 15.3 Å². The number of anilines is 1. The van der Waals surface area contributed by atoms with Crippen LogP contribution in [-0.2, 0) is 0 Å². The van der Waals surface area contributed by atoms with Crippen molar-refractivity contribution in [2.75, 3.05) is 25.0 Å². The summed E-state index contributed by atoms with van der Waals surface area (Å²) in [6.45, 7) is 2.03. The van der Waals surface area contributed by atoms with Gasteiger partial charge >= 0.3 is 0 Å². The van der Waals surface area contributed by atoms with Gasteiger partial charge in [0.1, 0.15) is 11.5 Å². The molecule has 0 unspecified atom stereocenters. The fourth-order valence-electron chi connectivity index (χ4n) is 2.60. The van der Waals surface area contributed by atoms with Gasteiger partial charge in [-0.3, -0.25) is 9.78 Å². The number of pyridine rings is 2. The largest absolute Gasteiger partial charge is 0.357 e. The Hall–Kier alpha value is -1.95. The van der Waals surface area contributed by atoms with Crippen molar-refractivity contribution >= 4 is 27.7 Å².